The van der Waals surface area contributed by atoms with Gasteiger partial charge in [-0.15, -0.1) is 0 Å². The Morgan fingerprint density at radius 1 is 1.19 bits per heavy atom. The van der Waals surface area contributed by atoms with Crippen LogP contribution in [0.4, 0.5) is 4.39 Å². The number of rotatable bonds is 2. The lowest BCUT2D eigenvalue weighted by Gasteiger charge is -2.30. The van der Waals surface area contributed by atoms with Crippen LogP contribution in [0.25, 0.3) is 0 Å². The van der Waals surface area contributed by atoms with Crippen molar-refractivity contribution in [3.63, 3.8) is 0 Å². The summed E-state index contributed by atoms with van der Waals surface area (Å²) in [5.41, 5.74) is 0.543. The van der Waals surface area contributed by atoms with E-state index < -0.39 is 0 Å². The normalized spacial score (nSPS) is 18.2. The van der Waals surface area contributed by atoms with Crippen molar-refractivity contribution in [3.05, 3.63) is 35.6 Å². The first-order chi connectivity index (χ1) is 7.75. The molecule has 1 aromatic rings. The van der Waals surface area contributed by atoms with E-state index in [1.54, 1.807) is 18.3 Å². The van der Waals surface area contributed by atoms with Gasteiger partial charge in [0.2, 0.25) is 0 Å². The van der Waals surface area contributed by atoms with Crippen molar-refractivity contribution >= 4 is 6.21 Å². The molecule has 1 aromatic carbocycles. The number of hydrazone groups is 1. The zero-order valence-corrected chi connectivity index (χ0v) is 9.43. The van der Waals surface area contributed by atoms with Gasteiger partial charge in [-0.3, -0.25) is 5.01 Å². The van der Waals surface area contributed by atoms with E-state index in [0.717, 1.165) is 26.2 Å². The van der Waals surface area contributed by atoms with Crippen LogP contribution >= 0.6 is 0 Å². The lowest BCUT2D eigenvalue weighted by molar-refractivity contribution is 0.159. The Labute approximate surface area is 95.2 Å². The Morgan fingerprint density at radius 3 is 2.56 bits per heavy atom. The summed E-state index contributed by atoms with van der Waals surface area (Å²) >= 11 is 0. The maximum absolute atomic E-state index is 13.3. The van der Waals surface area contributed by atoms with Gasteiger partial charge in [0.15, 0.2) is 0 Å². The van der Waals surface area contributed by atoms with Crippen LogP contribution in [-0.4, -0.2) is 49.4 Å². The van der Waals surface area contributed by atoms with Gasteiger partial charge in [-0.05, 0) is 13.1 Å². The molecule has 86 valence electrons. The summed E-state index contributed by atoms with van der Waals surface area (Å²) in [4.78, 5) is 2.26. The van der Waals surface area contributed by atoms with Gasteiger partial charge in [0.1, 0.15) is 5.82 Å². The topological polar surface area (TPSA) is 18.8 Å². The van der Waals surface area contributed by atoms with Crippen LogP contribution in [-0.2, 0) is 0 Å². The van der Waals surface area contributed by atoms with E-state index in [1.165, 1.54) is 6.07 Å². The summed E-state index contributed by atoms with van der Waals surface area (Å²) in [5.74, 6) is -0.222. The molecule has 0 bridgehead atoms. The van der Waals surface area contributed by atoms with Crippen molar-refractivity contribution in [2.24, 2.45) is 5.10 Å². The largest absolute Gasteiger partial charge is 0.303 e. The molecule has 3 nitrogen and oxygen atoms in total. The predicted octanol–water partition coefficient (Wildman–Crippen LogP) is 1.41. The zero-order chi connectivity index (χ0) is 11.4. The Hall–Kier alpha value is -1.42. The molecule has 16 heavy (non-hydrogen) atoms. The van der Waals surface area contributed by atoms with Crippen molar-refractivity contribution in [1.82, 2.24) is 9.91 Å². The molecule has 0 N–H and O–H groups in total. The van der Waals surface area contributed by atoms with Gasteiger partial charge in [-0.2, -0.15) is 5.10 Å². The highest BCUT2D eigenvalue weighted by Gasteiger charge is 2.10. The minimum Gasteiger partial charge on any atom is -0.303 e. The fraction of sp³-hybridized carbons (Fsp3) is 0.417. The third-order valence-electron chi connectivity index (χ3n) is 2.75. The lowest BCUT2D eigenvalue weighted by Crippen LogP contribution is -2.41. The van der Waals surface area contributed by atoms with Crippen molar-refractivity contribution in [1.29, 1.82) is 0 Å². The molecular weight excluding hydrogens is 205 g/mol. The number of piperazine rings is 1. The predicted molar refractivity (Wildman–Crippen MR) is 63.1 cm³/mol. The Kier molecular flexibility index (Phi) is 3.51. The SMILES string of the molecule is CN1CCN(N=Cc2ccccc2F)CC1. The average Bonchev–Trinajstić information content (AvgIpc) is 2.30. The standard InChI is InChI=1S/C12H16FN3/c1-15-6-8-16(9-7-15)14-10-11-4-2-3-5-12(11)13/h2-5,10H,6-9H2,1H3. The van der Waals surface area contributed by atoms with E-state index in [9.17, 15) is 4.39 Å². The molecule has 0 aliphatic carbocycles. The van der Waals surface area contributed by atoms with Gasteiger partial charge in [-0.1, -0.05) is 18.2 Å². The van der Waals surface area contributed by atoms with E-state index in [-0.39, 0.29) is 5.82 Å². The number of hydrogen-bond donors (Lipinski definition) is 0. The highest BCUT2D eigenvalue weighted by atomic mass is 19.1. The second kappa shape index (κ2) is 5.07. The van der Waals surface area contributed by atoms with E-state index in [0.29, 0.717) is 5.56 Å². The molecule has 0 saturated carbocycles. The van der Waals surface area contributed by atoms with Gasteiger partial charge in [0.05, 0.1) is 6.21 Å². The second-order valence-electron chi connectivity index (χ2n) is 4.02. The van der Waals surface area contributed by atoms with Crippen LogP contribution in [0.3, 0.4) is 0 Å². The molecule has 2 rings (SSSR count). The molecule has 1 fully saturated rings. The summed E-state index contributed by atoms with van der Waals surface area (Å²) in [6.07, 6.45) is 1.60. The van der Waals surface area contributed by atoms with Crippen LogP contribution in [0.15, 0.2) is 29.4 Å². The molecule has 1 saturated heterocycles. The van der Waals surface area contributed by atoms with Crippen molar-refractivity contribution in [2.45, 2.75) is 0 Å². The Bertz CT molecular complexity index is 370. The quantitative estimate of drug-likeness (QED) is 0.703. The zero-order valence-electron chi connectivity index (χ0n) is 9.43. The number of likely N-dealkylation sites (N-methyl/N-ethyl adjacent to an activating group) is 1. The van der Waals surface area contributed by atoms with Crippen LogP contribution in [0, 0.1) is 5.82 Å². The molecule has 0 aromatic heterocycles. The number of halogens is 1. The highest BCUT2D eigenvalue weighted by Crippen LogP contribution is 2.04. The smallest absolute Gasteiger partial charge is 0.132 e. The van der Waals surface area contributed by atoms with Crippen molar-refractivity contribution in [3.8, 4) is 0 Å². The van der Waals surface area contributed by atoms with Gasteiger partial charge < -0.3 is 4.90 Å². The van der Waals surface area contributed by atoms with Gasteiger partial charge in [0.25, 0.3) is 0 Å². The molecule has 1 heterocycles. The third-order valence-corrected chi connectivity index (χ3v) is 2.75. The van der Waals surface area contributed by atoms with Crippen LogP contribution in [0.2, 0.25) is 0 Å². The minimum atomic E-state index is -0.222. The summed E-state index contributed by atoms with van der Waals surface area (Å²) in [5, 5.41) is 6.27. The Morgan fingerprint density at radius 2 is 1.88 bits per heavy atom. The summed E-state index contributed by atoms with van der Waals surface area (Å²) in [6, 6.07) is 6.68. The fourth-order valence-electron chi connectivity index (χ4n) is 1.64. The molecule has 1 aliphatic rings. The fourth-order valence-corrected chi connectivity index (χ4v) is 1.64. The molecule has 0 radical (unpaired) electrons. The van der Waals surface area contributed by atoms with E-state index in [4.69, 9.17) is 0 Å². The first kappa shape index (κ1) is 11.1. The molecule has 0 unspecified atom stereocenters. The molecular formula is C12H16FN3. The average molecular weight is 221 g/mol. The van der Waals surface area contributed by atoms with E-state index >= 15 is 0 Å². The highest BCUT2D eigenvalue weighted by molar-refractivity contribution is 5.79. The van der Waals surface area contributed by atoms with Crippen molar-refractivity contribution in [2.75, 3.05) is 33.2 Å². The van der Waals surface area contributed by atoms with Gasteiger partial charge in [0, 0.05) is 31.7 Å². The van der Waals surface area contributed by atoms with Gasteiger partial charge >= 0.3 is 0 Å². The molecule has 1 aliphatic heterocycles. The van der Waals surface area contributed by atoms with Gasteiger partial charge in [-0.25, -0.2) is 4.39 Å². The van der Waals surface area contributed by atoms with E-state index in [1.807, 2.05) is 11.1 Å². The third kappa shape index (κ3) is 2.79. The summed E-state index contributed by atoms with van der Waals surface area (Å²) in [6.45, 7) is 3.83. The minimum absolute atomic E-state index is 0.222. The molecule has 0 amide bonds. The first-order valence-corrected chi connectivity index (χ1v) is 5.48. The summed E-state index contributed by atoms with van der Waals surface area (Å²) in [7, 11) is 2.10. The molecule has 4 heteroatoms. The number of nitrogens with zero attached hydrogens (tertiary/aromatic N) is 3. The van der Waals surface area contributed by atoms with Crippen LogP contribution in [0.1, 0.15) is 5.56 Å². The maximum Gasteiger partial charge on any atom is 0.132 e. The maximum atomic E-state index is 13.3. The number of benzene rings is 1. The summed E-state index contributed by atoms with van der Waals surface area (Å²) < 4.78 is 13.3. The van der Waals surface area contributed by atoms with Crippen LogP contribution in [0.5, 0.6) is 0 Å². The number of hydrogen-bond acceptors (Lipinski definition) is 3. The molecule has 0 atom stereocenters. The molecule has 0 spiro atoms. The van der Waals surface area contributed by atoms with Crippen molar-refractivity contribution < 1.29 is 4.39 Å². The van der Waals surface area contributed by atoms with Crippen LogP contribution < -0.4 is 0 Å². The lowest BCUT2D eigenvalue weighted by atomic mass is 10.2. The monoisotopic (exact) mass is 221 g/mol. The first-order valence-electron chi connectivity index (χ1n) is 5.48. The van der Waals surface area contributed by atoms with E-state index in [2.05, 4.69) is 17.0 Å². The second-order valence-corrected chi connectivity index (χ2v) is 4.02. The Balaban J connectivity index is 1.97.